The number of fused-ring (bicyclic) bond motifs is 1. The highest BCUT2D eigenvalue weighted by atomic mass is 16.5. The van der Waals surface area contributed by atoms with Crippen LogP contribution in [-0.4, -0.2) is 37.1 Å². The fourth-order valence-corrected chi connectivity index (χ4v) is 2.52. The highest BCUT2D eigenvalue weighted by Gasteiger charge is 2.11. The number of anilines is 2. The van der Waals surface area contributed by atoms with Gasteiger partial charge in [0.1, 0.15) is 23.9 Å². The summed E-state index contributed by atoms with van der Waals surface area (Å²) in [4.78, 5) is 12.4. The predicted octanol–water partition coefficient (Wildman–Crippen LogP) is 3.63. The van der Waals surface area contributed by atoms with Gasteiger partial charge in [0, 0.05) is 35.3 Å². The SMILES string of the molecule is CC#CCOc1ccc2c(NC(=O)Nc3cc(OC)cc(OC)c3)n[nH]c2c1. The number of aromatic amines is 1. The van der Waals surface area contributed by atoms with Crippen LogP contribution in [0.1, 0.15) is 6.92 Å². The maximum atomic E-state index is 12.4. The molecule has 8 heteroatoms. The van der Waals surface area contributed by atoms with E-state index >= 15 is 0 Å². The molecule has 0 saturated carbocycles. The number of benzene rings is 2. The fraction of sp³-hybridized carbons (Fsp3) is 0.200. The first kappa shape index (κ1) is 18.9. The number of rotatable bonds is 6. The second kappa shape index (κ2) is 8.68. The minimum absolute atomic E-state index is 0.313. The number of methoxy groups -OCH3 is 2. The lowest BCUT2D eigenvalue weighted by Gasteiger charge is -2.10. The lowest BCUT2D eigenvalue weighted by Crippen LogP contribution is -2.19. The number of amides is 2. The van der Waals surface area contributed by atoms with E-state index in [4.69, 9.17) is 14.2 Å². The Morgan fingerprint density at radius 2 is 1.82 bits per heavy atom. The monoisotopic (exact) mass is 380 g/mol. The van der Waals surface area contributed by atoms with Crippen molar-refractivity contribution in [2.75, 3.05) is 31.5 Å². The number of urea groups is 1. The number of hydrogen-bond donors (Lipinski definition) is 3. The fourth-order valence-electron chi connectivity index (χ4n) is 2.52. The van der Waals surface area contributed by atoms with E-state index in [1.807, 2.05) is 6.07 Å². The van der Waals surface area contributed by atoms with Crippen molar-refractivity contribution in [1.82, 2.24) is 10.2 Å². The Balaban J connectivity index is 1.71. The molecule has 0 aliphatic rings. The van der Waals surface area contributed by atoms with E-state index in [0.717, 1.165) is 10.9 Å². The van der Waals surface area contributed by atoms with Gasteiger partial charge in [-0.2, -0.15) is 5.10 Å². The number of carbonyl (C=O) groups is 1. The van der Waals surface area contributed by atoms with E-state index < -0.39 is 6.03 Å². The van der Waals surface area contributed by atoms with Gasteiger partial charge in [-0.05, 0) is 19.1 Å². The number of H-pyrrole nitrogens is 1. The van der Waals surface area contributed by atoms with Crippen molar-refractivity contribution in [3.63, 3.8) is 0 Å². The first-order valence-corrected chi connectivity index (χ1v) is 8.44. The van der Waals surface area contributed by atoms with Crippen LogP contribution in [0.25, 0.3) is 10.9 Å². The molecule has 28 heavy (non-hydrogen) atoms. The maximum Gasteiger partial charge on any atom is 0.324 e. The molecule has 3 rings (SSSR count). The maximum absolute atomic E-state index is 12.4. The van der Waals surface area contributed by atoms with Gasteiger partial charge in [-0.15, -0.1) is 5.92 Å². The zero-order valence-electron chi connectivity index (χ0n) is 15.8. The molecule has 0 fully saturated rings. The normalized spacial score (nSPS) is 9.96. The summed E-state index contributed by atoms with van der Waals surface area (Å²) in [5.41, 5.74) is 1.27. The highest BCUT2D eigenvalue weighted by molar-refractivity contribution is 6.04. The van der Waals surface area contributed by atoms with Crippen molar-refractivity contribution in [2.24, 2.45) is 0 Å². The van der Waals surface area contributed by atoms with E-state index in [-0.39, 0.29) is 0 Å². The Bertz CT molecular complexity index is 1030. The van der Waals surface area contributed by atoms with Crippen LogP contribution in [0.2, 0.25) is 0 Å². The van der Waals surface area contributed by atoms with Crippen LogP contribution < -0.4 is 24.8 Å². The summed E-state index contributed by atoms with van der Waals surface area (Å²) in [5, 5.41) is 13.2. The van der Waals surface area contributed by atoms with E-state index in [2.05, 4.69) is 32.7 Å². The van der Waals surface area contributed by atoms with Crippen LogP contribution >= 0.6 is 0 Å². The zero-order valence-corrected chi connectivity index (χ0v) is 15.8. The Hall–Kier alpha value is -3.86. The van der Waals surface area contributed by atoms with E-state index in [0.29, 0.717) is 35.4 Å². The smallest absolute Gasteiger partial charge is 0.324 e. The molecule has 0 aliphatic carbocycles. The average Bonchev–Trinajstić information content (AvgIpc) is 3.09. The molecule has 2 aromatic carbocycles. The molecule has 8 nitrogen and oxygen atoms in total. The zero-order chi connectivity index (χ0) is 19.9. The molecule has 3 N–H and O–H groups in total. The molecule has 3 aromatic rings. The molecule has 0 aliphatic heterocycles. The van der Waals surface area contributed by atoms with Crippen LogP contribution in [0.5, 0.6) is 17.2 Å². The summed E-state index contributed by atoms with van der Waals surface area (Å²) in [7, 11) is 3.09. The minimum atomic E-state index is -0.442. The summed E-state index contributed by atoms with van der Waals surface area (Å²) in [5.74, 6) is 7.81. The summed E-state index contributed by atoms with van der Waals surface area (Å²) >= 11 is 0. The molecule has 0 bridgehead atoms. The summed E-state index contributed by atoms with van der Waals surface area (Å²) in [6.07, 6.45) is 0. The summed E-state index contributed by atoms with van der Waals surface area (Å²) < 4.78 is 15.9. The lowest BCUT2D eigenvalue weighted by atomic mass is 10.2. The van der Waals surface area contributed by atoms with Gasteiger partial charge in [-0.25, -0.2) is 4.79 Å². The van der Waals surface area contributed by atoms with Crippen LogP contribution in [0.3, 0.4) is 0 Å². The third kappa shape index (κ3) is 4.45. The Morgan fingerprint density at radius 1 is 1.07 bits per heavy atom. The topological polar surface area (TPSA) is 97.5 Å². The standard InChI is InChI=1S/C20H20N4O4/c1-4-5-8-28-14-6-7-17-18(12-14)23-24-19(17)22-20(25)21-13-9-15(26-2)11-16(10-13)27-3/h6-7,9-12H,8H2,1-3H3,(H3,21,22,23,24,25). The van der Waals surface area contributed by atoms with Crippen molar-refractivity contribution < 1.29 is 19.0 Å². The van der Waals surface area contributed by atoms with Gasteiger partial charge in [0.15, 0.2) is 5.82 Å². The van der Waals surface area contributed by atoms with E-state index in [1.54, 1.807) is 51.5 Å². The van der Waals surface area contributed by atoms with Gasteiger partial charge in [0.25, 0.3) is 0 Å². The predicted molar refractivity (Wildman–Crippen MR) is 107 cm³/mol. The number of nitrogens with zero attached hydrogens (tertiary/aromatic N) is 1. The largest absolute Gasteiger partial charge is 0.497 e. The first-order valence-electron chi connectivity index (χ1n) is 8.44. The molecule has 2 amide bonds. The third-order valence-electron chi connectivity index (χ3n) is 3.86. The third-order valence-corrected chi connectivity index (χ3v) is 3.86. The van der Waals surface area contributed by atoms with Crippen LogP contribution in [-0.2, 0) is 0 Å². The molecule has 0 atom stereocenters. The van der Waals surface area contributed by atoms with Crippen LogP contribution in [0, 0.1) is 11.8 Å². The molecular formula is C20H20N4O4. The second-order valence-corrected chi connectivity index (χ2v) is 5.68. The van der Waals surface area contributed by atoms with Crippen LogP contribution in [0.15, 0.2) is 36.4 Å². The van der Waals surface area contributed by atoms with Crippen molar-refractivity contribution in [1.29, 1.82) is 0 Å². The number of hydrogen-bond acceptors (Lipinski definition) is 5. The van der Waals surface area contributed by atoms with Crippen molar-refractivity contribution in [2.45, 2.75) is 6.92 Å². The quantitative estimate of drug-likeness (QED) is 0.568. The van der Waals surface area contributed by atoms with Crippen LogP contribution in [0.4, 0.5) is 16.3 Å². The Labute approximate surface area is 162 Å². The van der Waals surface area contributed by atoms with Gasteiger partial charge in [0.05, 0.1) is 19.7 Å². The molecule has 0 radical (unpaired) electrons. The highest BCUT2D eigenvalue weighted by Crippen LogP contribution is 2.27. The minimum Gasteiger partial charge on any atom is -0.497 e. The van der Waals surface area contributed by atoms with E-state index in [9.17, 15) is 4.79 Å². The number of carbonyl (C=O) groups excluding carboxylic acids is 1. The summed E-state index contributed by atoms with van der Waals surface area (Å²) in [6.45, 7) is 2.07. The molecule has 0 saturated heterocycles. The molecule has 144 valence electrons. The van der Waals surface area contributed by atoms with Gasteiger partial charge in [-0.3, -0.25) is 10.4 Å². The molecular weight excluding hydrogens is 360 g/mol. The van der Waals surface area contributed by atoms with Gasteiger partial charge < -0.3 is 19.5 Å². The Kier molecular flexibility index (Phi) is 5.87. The first-order chi connectivity index (χ1) is 13.6. The summed E-state index contributed by atoms with van der Waals surface area (Å²) in [6, 6.07) is 10.1. The molecule has 1 heterocycles. The molecule has 1 aromatic heterocycles. The van der Waals surface area contributed by atoms with Gasteiger partial charge in [0.2, 0.25) is 0 Å². The van der Waals surface area contributed by atoms with Crippen molar-refractivity contribution in [3.8, 4) is 29.1 Å². The average molecular weight is 380 g/mol. The molecule has 0 spiro atoms. The number of nitrogens with one attached hydrogen (secondary N) is 3. The lowest BCUT2D eigenvalue weighted by molar-refractivity contribution is 0.262. The second-order valence-electron chi connectivity index (χ2n) is 5.68. The van der Waals surface area contributed by atoms with Crippen molar-refractivity contribution in [3.05, 3.63) is 36.4 Å². The van der Waals surface area contributed by atoms with E-state index in [1.165, 1.54) is 0 Å². The molecule has 0 unspecified atom stereocenters. The van der Waals surface area contributed by atoms with Gasteiger partial charge in [-0.1, -0.05) is 5.92 Å². The number of ether oxygens (including phenoxy) is 3. The Morgan fingerprint density at radius 3 is 2.50 bits per heavy atom. The number of aromatic nitrogens is 2. The van der Waals surface area contributed by atoms with Crippen molar-refractivity contribution >= 4 is 28.4 Å². The van der Waals surface area contributed by atoms with Gasteiger partial charge >= 0.3 is 6.03 Å².